The van der Waals surface area contributed by atoms with Gasteiger partial charge >= 0.3 is 12.2 Å². The number of anilines is 2. The first-order chi connectivity index (χ1) is 9.84. The number of nitrogens with one attached hydrogen (secondary N) is 2. The van der Waals surface area contributed by atoms with Crippen molar-refractivity contribution in [3.63, 3.8) is 0 Å². The van der Waals surface area contributed by atoms with Crippen LogP contribution in [0.25, 0.3) is 0 Å². The minimum atomic E-state index is -4.44. The van der Waals surface area contributed by atoms with Crippen LogP contribution in [-0.4, -0.2) is 6.03 Å². The SMILES string of the molecule is Cc1ccc(NC(=O)Nc2cccc(C(F)(F)F)c2)cc1. The van der Waals surface area contributed by atoms with E-state index in [0.717, 1.165) is 17.7 Å². The predicted molar refractivity (Wildman–Crippen MR) is 75.3 cm³/mol. The van der Waals surface area contributed by atoms with Crippen molar-refractivity contribution in [1.29, 1.82) is 0 Å². The van der Waals surface area contributed by atoms with Gasteiger partial charge in [0.25, 0.3) is 0 Å². The Hall–Kier alpha value is -2.50. The van der Waals surface area contributed by atoms with Crippen LogP contribution in [0.15, 0.2) is 48.5 Å². The van der Waals surface area contributed by atoms with Crippen LogP contribution < -0.4 is 10.6 Å². The number of halogens is 3. The number of hydrogen-bond donors (Lipinski definition) is 2. The second-order valence-electron chi connectivity index (χ2n) is 4.52. The number of carbonyl (C=O) groups excluding carboxylic acids is 1. The molecule has 21 heavy (non-hydrogen) atoms. The van der Waals surface area contributed by atoms with Gasteiger partial charge in [0, 0.05) is 11.4 Å². The molecule has 6 heteroatoms. The molecule has 0 aliphatic carbocycles. The lowest BCUT2D eigenvalue weighted by Gasteiger charge is -2.10. The van der Waals surface area contributed by atoms with Crippen LogP contribution in [0.4, 0.5) is 29.3 Å². The summed E-state index contributed by atoms with van der Waals surface area (Å²) in [6, 6.07) is 10.9. The van der Waals surface area contributed by atoms with E-state index >= 15 is 0 Å². The molecule has 2 aromatic carbocycles. The molecule has 0 bridgehead atoms. The molecule has 0 aliphatic heterocycles. The minimum absolute atomic E-state index is 0.0782. The molecular formula is C15H13F3N2O. The molecule has 0 atom stereocenters. The minimum Gasteiger partial charge on any atom is -0.308 e. The molecule has 0 saturated heterocycles. The number of rotatable bonds is 2. The van der Waals surface area contributed by atoms with Crippen LogP contribution in [0.3, 0.4) is 0 Å². The van der Waals surface area contributed by atoms with Crippen LogP contribution in [0.1, 0.15) is 11.1 Å². The van der Waals surface area contributed by atoms with Gasteiger partial charge in [-0.15, -0.1) is 0 Å². The maximum atomic E-state index is 12.6. The lowest BCUT2D eigenvalue weighted by atomic mass is 10.2. The fraction of sp³-hybridized carbons (Fsp3) is 0.133. The van der Waals surface area contributed by atoms with Crippen molar-refractivity contribution in [2.45, 2.75) is 13.1 Å². The number of benzene rings is 2. The quantitative estimate of drug-likeness (QED) is 0.831. The normalized spacial score (nSPS) is 11.0. The van der Waals surface area contributed by atoms with Gasteiger partial charge in [-0.1, -0.05) is 23.8 Å². The van der Waals surface area contributed by atoms with E-state index < -0.39 is 17.8 Å². The Morgan fingerprint density at radius 3 is 2.19 bits per heavy atom. The average molecular weight is 294 g/mol. The highest BCUT2D eigenvalue weighted by molar-refractivity contribution is 5.99. The maximum absolute atomic E-state index is 12.6. The van der Waals surface area contributed by atoms with Gasteiger partial charge in [0.05, 0.1) is 5.56 Å². The molecule has 0 saturated carbocycles. The summed E-state index contributed by atoms with van der Waals surface area (Å²) in [5, 5.41) is 4.91. The zero-order valence-corrected chi connectivity index (χ0v) is 11.2. The van der Waals surface area contributed by atoms with Crippen LogP contribution in [0.2, 0.25) is 0 Å². The third-order valence-electron chi connectivity index (χ3n) is 2.76. The molecule has 0 spiro atoms. The molecule has 2 N–H and O–H groups in total. The highest BCUT2D eigenvalue weighted by Crippen LogP contribution is 2.30. The zero-order valence-electron chi connectivity index (χ0n) is 11.2. The Morgan fingerprint density at radius 2 is 1.57 bits per heavy atom. The average Bonchev–Trinajstić information content (AvgIpc) is 2.41. The third kappa shape index (κ3) is 4.24. The van der Waals surface area contributed by atoms with E-state index in [2.05, 4.69) is 10.6 Å². The van der Waals surface area contributed by atoms with Crippen molar-refractivity contribution in [3.05, 3.63) is 59.7 Å². The number of amides is 2. The first-order valence-electron chi connectivity index (χ1n) is 6.16. The Labute approximate surface area is 119 Å². The molecule has 0 radical (unpaired) electrons. The number of hydrogen-bond acceptors (Lipinski definition) is 1. The smallest absolute Gasteiger partial charge is 0.308 e. The van der Waals surface area contributed by atoms with Gasteiger partial charge in [-0.2, -0.15) is 13.2 Å². The predicted octanol–water partition coefficient (Wildman–Crippen LogP) is 4.66. The van der Waals surface area contributed by atoms with Gasteiger partial charge in [0.15, 0.2) is 0 Å². The third-order valence-corrected chi connectivity index (χ3v) is 2.76. The summed E-state index contributed by atoms with van der Waals surface area (Å²) in [4.78, 5) is 11.7. The molecule has 0 aliphatic rings. The Kier molecular flexibility index (Phi) is 4.16. The van der Waals surface area contributed by atoms with E-state index in [4.69, 9.17) is 0 Å². The van der Waals surface area contributed by atoms with Crippen LogP contribution >= 0.6 is 0 Å². The Bertz CT molecular complexity index is 636. The van der Waals surface area contributed by atoms with Crippen LogP contribution in [-0.2, 0) is 6.18 Å². The number of aryl methyl sites for hydroxylation is 1. The number of carbonyl (C=O) groups is 1. The van der Waals surface area contributed by atoms with Crippen molar-refractivity contribution >= 4 is 17.4 Å². The molecular weight excluding hydrogens is 281 g/mol. The largest absolute Gasteiger partial charge is 0.416 e. The van der Waals surface area contributed by atoms with E-state index in [0.29, 0.717) is 5.69 Å². The molecule has 3 nitrogen and oxygen atoms in total. The van der Waals surface area contributed by atoms with E-state index in [1.165, 1.54) is 12.1 Å². The monoisotopic (exact) mass is 294 g/mol. The summed E-state index contributed by atoms with van der Waals surface area (Å²) in [5.41, 5.74) is 0.869. The van der Waals surface area contributed by atoms with Crippen molar-refractivity contribution in [2.75, 3.05) is 10.6 Å². The highest BCUT2D eigenvalue weighted by atomic mass is 19.4. The van der Waals surface area contributed by atoms with Gasteiger partial charge in [-0.25, -0.2) is 4.79 Å². The summed E-state index contributed by atoms with van der Waals surface area (Å²) in [6.45, 7) is 1.91. The van der Waals surface area contributed by atoms with Gasteiger partial charge in [0.1, 0.15) is 0 Å². The maximum Gasteiger partial charge on any atom is 0.416 e. The van der Waals surface area contributed by atoms with E-state index in [1.54, 1.807) is 12.1 Å². The number of alkyl halides is 3. The van der Waals surface area contributed by atoms with Crippen molar-refractivity contribution in [2.24, 2.45) is 0 Å². The summed E-state index contributed by atoms with van der Waals surface area (Å²) >= 11 is 0. The first-order valence-corrected chi connectivity index (χ1v) is 6.16. The summed E-state index contributed by atoms with van der Waals surface area (Å²) in [7, 11) is 0. The van der Waals surface area contributed by atoms with Gasteiger partial charge in [0.2, 0.25) is 0 Å². The Morgan fingerprint density at radius 1 is 0.952 bits per heavy atom. The van der Waals surface area contributed by atoms with Crippen molar-refractivity contribution in [3.8, 4) is 0 Å². The van der Waals surface area contributed by atoms with E-state index in [9.17, 15) is 18.0 Å². The first kappa shape index (κ1) is 14.9. The fourth-order valence-electron chi connectivity index (χ4n) is 1.70. The standard InChI is InChI=1S/C15H13F3N2O/c1-10-5-7-12(8-6-10)19-14(21)20-13-4-2-3-11(9-13)15(16,17)18/h2-9H,1H3,(H2,19,20,21). The van der Waals surface area contributed by atoms with E-state index in [-0.39, 0.29) is 5.69 Å². The summed E-state index contributed by atoms with van der Waals surface area (Å²) in [5.74, 6) is 0. The van der Waals surface area contributed by atoms with Gasteiger partial charge < -0.3 is 10.6 Å². The Balaban J connectivity index is 2.04. The molecule has 0 aromatic heterocycles. The summed E-state index contributed by atoms with van der Waals surface area (Å²) < 4.78 is 37.7. The molecule has 2 rings (SSSR count). The molecule has 110 valence electrons. The topological polar surface area (TPSA) is 41.1 Å². The van der Waals surface area contributed by atoms with Crippen LogP contribution in [0, 0.1) is 6.92 Å². The summed E-state index contributed by atoms with van der Waals surface area (Å²) in [6.07, 6.45) is -4.44. The molecule has 0 heterocycles. The molecule has 2 amide bonds. The zero-order chi connectivity index (χ0) is 15.5. The van der Waals surface area contributed by atoms with Gasteiger partial charge in [-0.05, 0) is 37.3 Å². The molecule has 0 fully saturated rings. The van der Waals surface area contributed by atoms with Crippen molar-refractivity contribution < 1.29 is 18.0 Å². The molecule has 0 unspecified atom stereocenters. The molecule has 2 aromatic rings. The van der Waals surface area contributed by atoms with E-state index in [1.807, 2.05) is 19.1 Å². The van der Waals surface area contributed by atoms with Gasteiger partial charge in [-0.3, -0.25) is 0 Å². The number of urea groups is 1. The highest BCUT2D eigenvalue weighted by Gasteiger charge is 2.30. The lowest BCUT2D eigenvalue weighted by molar-refractivity contribution is -0.137. The lowest BCUT2D eigenvalue weighted by Crippen LogP contribution is -2.19. The van der Waals surface area contributed by atoms with Crippen molar-refractivity contribution in [1.82, 2.24) is 0 Å². The fourth-order valence-corrected chi connectivity index (χ4v) is 1.70. The second kappa shape index (κ2) is 5.87. The second-order valence-corrected chi connectivity index (χ2v) is 4.52. The van der Waals surface area contributed by atoms with Crippen LogP contribution in [0.5, 0.6) is 0 Å².